The standard InChI is InChI=1S/C15H21N3O6/c1-15(10-24-2,9-14(20)21)17-13(19)7-8-16-11-5-3-4-6-12(11)18(22)23/h3-6,16H,7-10H2,1-2H3,(H,17,19)(H,20,21). The van der Waals surface area contributed by atoms with Gasteiger partial charge in [-0.15, -0.1) is 0 Å². The predicted octanol–water partition coefficient (Wildman–Crippen LogP) is 1.39. The van der Waals surface area contributed by atoms with Crippen LogP contribution in [0.3, 0.4) is 0 Å². The van der Waals surface area contributed by atoms with Crippen LogP contribution in [0.4, 0.5) is 11.4 Å². The molecule has 0 saturated carbocycles. The molecule has 1 atom stereocenters. The Morgan fingerprint density at radius 2 is 2.04 bits per heavy atom. The number of hydrogen-bond donors (Lipinski definition) is 3. The smallest absolute Gasteiger partial charge is 0.305 e. The summed E-state index contributed by atoms with van der Waals surface area (Å²) in [6, 6.07) is 6.12. The lowest BCUT2D eigenvalue weighted by Crippen LogP contribution is -2.51. The van der Waals surface area contributed by atoms with Gasteiger partial charge in [0.15, 0.2) is 0 Å². The van der Waals surface area contributed by atoms with Crippen LogP contribution in [0, 0.1) is 10.1 Å². The fraction of sp³-hybridized carbons (Fsp3) is 0.467. The average molecular weight is 339 g/mol. The van der Waals surface area contributed by atoms with Crippen LogP contribution in [-0.2, 0) is 14.3 Å². The summed E-state index contributed by atoms with van der Waals surface area (Å²) in [5.41, 5.74) is -0.773. The number of hydrogen-bond acceptors (Lipinski definition) is 6. The molecular weight excluding hydrogens is 318 g/mol. The van der Waals surface area contributed by atoms with Gasteiger partial charge in [-0.3, -0.25) is 19.7 Å². The van der Waals surface area contributed by atoms with Crippen LogP contribution in [0.5, 0.6) is 0 Å². The van der Waals surface area contributed by atoms with Crippen LogP contribution in [0.2, 0.25) is 0 Å². The van der Waals surface area contributed by atoms with Gasteiger partial charge in [0, 0.05) is 26.1 Å². The third-order valence-electron chi connectivity index (χ3n) is 3.21. The number of ether oxygens (including phenoxy) is 1. The molecule has 0 aliphatic carbocycles. The second-order valence-corrected chi connectivity index (χ2v) is 5.56. The lowest BCUT2D eigenvalue weighted by Gasteiger charge is -2.28. The first-order chi connectivity index (χ1) is 11.3. The highest BCUT2D eigenvalue weighted by Gasteiger charge is 2.29. The first kappa shape index (κ1) is 19.4. The third kappa shape index (κ3) is 6.21. The fourth-order valence-electron chi connectivity index (χ4n) is 2.28. The minimum absolute atomic E-state index is 0.0327. The van der Waals surface area contributed by atoms with Crippen molar-refractivity contribution in [2.75, 3.05) is 25.6 Å². The van der Waals surface area contributed by atoms with Gasteiger partial charge in [0.1, 0.15) is 5.69 Å². The molecule has 1 amide bonds. The van der Waals surface area contributed by atoms with E-state index in [0.29, 0.717) is 5.69 Å². The first-order valence-electron chi connectivity index (χ1n) is 7.26. The lowest BCUT2D eigenvalue weighted by atomic mass is 9.98. The number of nitro groups is 1. The molecule has 0 aliphatic heterocycles. The van der Waals surface area contributed by atoms with E-state index in [9.17, 15) is 19.7 Å². The second-order valence-electron chi connectivity index (χ2n) is 5.56. The van der Waals surface area contributed by atoms with E-state index in [2.05, 4.69) is 10.6 Å². The molecule has 0 radical (unpaired) electrons. The Balaban J connectivity index is 2.57. The van der Waals surface area contributed by atoms with E-state index in [0.717, 1.165) is 0 Å². The second kappa shape index (κ2) is 8.82. The number of carbonyl (C=O) groups excluding carboxylic acids is 1. The highest BCUT2D eigenvalue weighted by molar-refractivity contribution is 5.79. The van der Waals surface area contributed by atoms with Gasteiger partial charge >= 0.3 is 5.97 Å². The molecule has 1 aromatic carbocycles. The maximum atomic E-state index is 12.0. The topological polar surface area (TPSA) is 131 Å². The number of amides is 1. The van der Waals surface area contributed by atoms with Crippen LogP contribution in [0.1, 0.15) is 19.8 Å². The molecule has 0 bridgehead atoms. The number of nitro benzene ring substituents is 1. The third-order valence-corrected chi connectivity index (χ3v) is 3.21. The summed E-state index contributed by atoms with van der Waals surface area (Å²) in [7, 11) is 1.42. The van der Waals surface area contributed by atoms with Crippen molar-refractivity contribution < 1.29 is 24.4 Å². The number of para-hydroxylation sites is 2. The molecule has 0 aliphatic rings. The van der Waals surface area contributed by atoms with Gasteiger partial charge in [-0.2, -0.15) is 0 Å². The first-order valence-corrected chi connectivity index (χ1v) is 7.26. The van der Waals surface area contributed by atoms with Crippen molar-refractivity contribution in [2.24, 2.45) is 0 Å². The molecule has 1 aromatic rings. The number of carbonyl (C=O) groups is 2. The van der Waals surface area contributed by atoms with Crippen molar-refractivity contribution >= 4 is 23.3 Å². The Kier molecular flexibility index (Phi) is 7.12. The number of nitrogens with one attached hydrogen (secondary N) is 2. The molecule has 0 heterocycles. The fourth-order valence-corrected chi connectivity index (χ4v) is 2.28. The van der Waals surface area contributed by atoms with Crippen molar-refractivity contribution in [1.29, 1.82) is 0 Å². The molecule has 0 saturated heterocycles. The molecule has 0 aromatic heterocycles. The average Bonchev–Trinajstić information content (AvgIpc) is 2.46. The van der Waals surface area contributed by atoms with E-state index >= 15 is 0 Å². The number of benzene rings is 1. The molecule has 0 spiro atoms. The molecule has 9 nitrogen and oxygen atoms in total. The van der Waals surface area contributed by atoms with Gasteiger partial charge in [-0.1, -0.05) is 12.1 Å². The monoisotopic (exact) mass is 339 g/mol. The Labute approximate surface area is 139 Å². The number of anilines is 1. The van der Waals surface area contributed by atoms with E-state index < -0.39 is 16.4 Å². The van der Waals surface area contributed by atoms with E-state index in [4.69, 9.17) is 9.84 Å². The summed E-state index contributed by atoms with van der Waals surface area (Å²) >= 11 is 0. The molecule has 3 N–H and O–H groups in total. The molecule has 24 heavy (non-hydrogen) atoms. The van der Waals surface area contributed by atoms with Crippen LogP contribution in [0.25, 0.3) is 0 Å². The number of nitrogens with zero attached hydrogens (tertiary/aromatic N) is 1. The Bertz CT molecular complexity index is 607. The van der Waals surface area contributed by atoms with Crippen molar-refractivity contribution in [1.82, 2.24) is 5.32 Å². The SMILES string of the molecule is COCC(C)(CC(=O)O)NC(=O)CCNc1ccccc1[N+](=O)[O-]. The number of aliphatic carboxylic acids is 1. The largest absolute Gasteiger partial charge is 0.481 e. The van der Waals surface area contributed by atoms with E-state index in [1.54, 1.807) is 25.1 Å². The van der Waals surface area contributed by atoms with Gasteiger partial charge in [-0.25, -0.2) is 0 Å². The van der Waals surface area contributed by atoms with E-state index in [-0.39, 0.29) is 37.6 Å². The number of carboxylic acids is 1. The van der Waals surface area contributed by atoms with Crippen LogP contribution < -0.4 is 10.6 Å². The van der Waals surface area contributed by atoms with Crippen molar-refractivity contribution in [2.45, 2.75) is 25.3 Å². The maximum absolute atomic E-state index is 12.0. The quantitative estimate of drug-likeness (QED) is 0.433. The zero-order valence-electron chi connectivity index (χ0n) is 13.6. The minimum atomic E-state index is -1.05. The normalized spacial score (nSPS) is 12.9. The lowest BCUT2D eigenvalue weighted by molar-refractivity contribution is -0.384. The van der Waals surface area contributed by atoms with Gasteiger partial charge < -0.3 is 20.5 Å². The number of carboxylic acid groups (broad SMARTS) is 1. The maximum Gasteiger partial charge on any atom is 0.305 e. The summed E-state index contributed by atoms with van der Waals surface area (Å²) in [4.78, 5) is 33.3. The summed E-state index contributed by atoms with van der Waals surface area (Å²) in [5.74, 6) is -1.42. The predicted molar refractivity (Wildman–Crippen MR) is 86.9 cm³/mol. The van der Waals surface area contributed by atoms with Crippen LogP contribution in [-0.4, -0.2) is 47.7 Å². The summed E-state index contributed by atoms with van der Waals surface area (Å²) in [5, 5.41) is 25.3. The van der Waals surface area contributed by atoms with E-state index in [1.165, 1.54) is 13.2 Å². The van der Waals surface area contributed by atoms with Crippen LogP contribution in [0.15, 0.2) is 24.3 Å². The summed E-state index contributed by atoms with van der Waals surface area (Å²) in [6.45, 7) is 1.81. The highest BCUT2D eigenvalue weighted by Crippen LogP contribution is 2.22. The van der Waals surface area contributed by atoms with Crippen LogP contribution >= 0.6 is 0 Å². The molecule has 0 fully saturated rings. The number of rotatable bonds is 10. The molecule has 1 unspecified atom stereocenters. The van der Waals surface area contributed by atoms with Crippen molar-refractivity contribution in [3.63, 3.8) is 0 Å². The highest BCUT2D eigenvalue weighted by atomic mass is 16.6. The van der Waals surface area contributed by atoms with E-state index in [1.807, 2.05) is 0 Å². The van der Waals surface area contributed by atoms with Gasteiger partial charge in [0.2, 0.25) is 5.91 Å². The van der Waals surface area contributed by atoms with Gasteiger partial charge in [0.05, 0.1) is 23.5 Å². The van der Waals surface area contributed by atoms with Crippen molar-refractivity contribution in [3.05, 3.63) is 34.4 Å². The summed E-state index contributed by atoms with van der Waals surface area (Å²) < 4.78 is 4.96. The molecule has 1 rings (SSSR count). The Morgan fingerprint density at radius 3 is 2.62 bits per heavy atom. The number of methoxy groups -OCH3 is 1. The summed E-state index contributed by atoms with van der Waals surface area (Å²) in [6.07, 6.45) is -0.241. The molecular formula is C15H21N3O6. The minimum Gasteiger partial charge on any atom is -0.481 e. The van der Waals surface area contributed by atoms with Gasteiger partial charge in [-0.05, 0) is 13.0 Å². The van der Waals surface area contributed by atoms with Crippen molar-refractivity contribution in [3.8, 4) is 0 Å². The Hall–Kier alpha value is -2.68. The zero-order chi connectivity index (χ0) is 18.2. The molecule has 9 heteroatoms. The Morgan fingerprint density at radius 1 is 1.38 bits per heavy atom. The van der Waals surface area contributed by atoms with Gasteiger partial charge in [0.25, 0.3) is 5.69 Å². The zero-order valence-corrected chi connectivity index (χ0v) is 13.6. The molecule has 132 valence electrons.